The zero-order chi connectivity index (χ0) is 56.9. The number of carbonyl (C=O) groups excluding carboxylic acids is 1. The average Bonchev–Trinajstić information content (AvgIpc) is 2.18. The van der Waals surface area contributed by atoms with Crippen molar-refractivity contribution in [1.29, 1.82) is 0 Å². The van der Waals surface area contributed by atoms with E-state index >= 15 is 0 Å². The summed E-state index contributed by atoms with van der Waals surface area (Å²) >= 11 is 10.7. The molecule has 0 saturated heterocycles. The molecule has 0 radical (unpaired) electrons. The van der Waals surface area contributed by atoms with E-state index < -0.39 is 5.60 Å². The lowest BCUT2D eigenvalue weighted by molar-refractivity contribution is 0.0527. The summed E-state index contributed by atoms with van der Waals surface area (Å²) in [5.41, 5.74) is 13.5. The van der Waals surface area contributed by atoms with Crippen LogP contribution in [-0.2, 0) is 15.8 Å². The Morgan fingerprint density at radius 2 is 0.795 bits per heavy atom. The largest absolute Gasteiger partial charge is 0.462 e. The van der Waals surface area contributed by atoms with Gasteiger partial charge in [-0.1, -0.05) is 278 Å². The summed E-state index contributed by atoms with van der Waals surface area (Å²) in [6.45, 7) is 2.19. The first-order valence-electron chi connectivity index (χ1n) is 27.7. The first kappa shape index (κ1) is 55.1. The van der Waals surface area contributed by atoms with Crippen LogP contribution in [0.15, 0.2) is 311 Å². The zero-order valence-corrected chi connectivity index (χ0v) is 50.2. The maximum atomic E-state index is 12.3. The molecule has 0 unspecified atom stereocenters. The van der Waals surface area contributed by atoms with Crippen LogP contribution in [0.1, 0.15) is 56.2 Å². The summed E-state index contributed by atoms with van der Waals surface area (Å²) in [6.07, 6.45) is 0. The Morgan fingerprint density at radius 3 is 1.34 bits per heavy atom. The van der Waals surface area contributed by atoms with Gasteiger partial charge in [0.2, 0.25) is 0 Å². The van der Waals surface area contributed by atoms with Crippen LogP contribution < -0.4 is 0 Å². The number of ether oxygens (including phenoxy) is 1. The van der Waals surface area contributed by atoms with Crippen molar-refractivity contribution < 1.29 is 14.6 Å². The lowest BCUT2D eigenvalue weighted by atomic mass is 9.67. The normalized spacial score (nSPS) is 12.1. The van der Waals surface area contributed by atoms with Crippen LogP contribution in [0, 0.1) is 0 Å². The molecule has 0 aliphatic heterocycles. The molecular weight excluding hydrogens is 1210 g/mol. The van der Waals surface area contributed by atoms with Crippen molar-refractivity contribution in [2.24, 2.45) is 0 Å². The molecule has 83 heavy (non-hydrogen) atoms. The van der Waals surface area contributed by atoms with Crippen molar-refractivity contribution >= 4 is 86.1 Å². The first-order chi connectivity index (χ1) is 40.6. The van der Waals surface area contributed by atoms with Gasteiger partial charge in [-0.15, -0.1) is 0 Å². The summed E-state index contributed by atoms with van der Waals surface area (Å²) < 4.78 is 8.38. The van der Waals surface area contributed by atoms with Crippen LogP contribution in [0.5, 0.6) is 0 Å². The second kappa shape index (κ2) is 24.1. The van der Waals surface area contributed by atoms with Crippen LogP contribution in [0.25, 0.3) is 65.7 Å². The Labute approximate surface area is 509 Å². The molecule has 1 aliphatic carbocycles. The van der Waals surface area contributed by atoms with Crippen LogP contribution in [0.3, 0.4) is 0 Å². The third-order valence-electron chi connectivity index (χ3n) is 15.7. The minimum Gasteiger partial charge on any atom is -0.462 e. The van der Waals surface area contributed by atoms with Gasteiger partial charge in [0.05, 0.1) is 17.6 Å². The molecule has 0 atom stereocenters. The second-order valence-electron chi connectivity index (χ2n) is 20.6. The molecule has 3 nitrogen and oxygen atoms in total. The topological polar surface area (TPSA) is 46.5 Å². The van der Waals surface area contributed by atoms with E-state index in [1.165, 1.54) is 54.9 Å². The molecule has 1 N–H and O–H groups in total. The molecule has 0 aromatic heterocycles. The van der Waals surface area contributed by atoms with Crippen LogP contribution >= 0.6 is 47.8 Å². The second-order valence-corrected chi connectivity index (χ2v) is 23.3. The minimum absolute atomic E-state index is 0.283. The number of hydrogen-bond donors (Lipinski definition) is 1. The van der Waals surface area contributed by atoms with Gasteiger partial charge >= 0.3 is 5.97 Å². The number of hydrogen-bond acceptors (Lipinski definition) is 3. The molecule has 0 saturated carbocycles. The molecule has 14 rings (SSSR count). The smallest absolute Gasteiger partial charge is 0.338 e. The number of fused-ring (bicyclic) bond motifs is 6. The van der Waals surface area contributed by atoms with Crippen molar-refractivity contribution in [2.75, 3.05) is 6.61 Å². The quantitative estimate of drug-likeness (QED) is 0.116. The number of aliphatic hydroxyl groups is 1. The van der Waals surface area contributed by atoms with Crippen molar-refractivity contribution in [3.8, 4) is 33.4 Å². The molecule has 402 valence electrons. The molecule has 0 bridgehead atoms. The molecule has 0 amide bonds. The number of benzene rings is 13. The summed E-state index contributed by atoms with van der Waals surface area (Å²) in [7, 11) is 0. The predicted octanol–water partition coefficient (Wildman–Crippen LogP) is 21.0. The molecule has 6 heteroatoms. The van der Waals surface area contributed by atoms with Gasteiger partial charge in [-0.3, -0.25) is 0 Å². The molecule has 1 aliphatic rings. The van der Waals surface area contributed by atoms with Crippen molar-refractivity contribution in [3.63, 3.8) is 0 Å². The Balaban J connectivity index is 0.000000125. The lowest BCUT2D eigenvalue weighted by Gasteiger charge is -2.34. The van der Waals surface area contributed by atoms with Crippen LogP contribution in [-0.4, -0.2) is 17.7 Å². The maximum Gasteiger partial charge on any atom is 0.338 e. The molecule has 0 heterocycles. The molecule has 13 aromatic carbocycles. The Hall–Kier alpha value is -8.49. The highest BCUT2D eigenvalue weighted by atomic mass is 79.9. The van der Waals surface area contributed by atoms with Gasteiger partial charge in [-0.25, -0.2) is 4.79 Å². The summed E-state index contributed by atoms with van der Waals surface area (Å²) in [5.74, 6) is -0.283. The van der Waals surface area contributed by atoms with E-state index in [4.69, 9.17) is 4.74 Å². The fourth-order valence-corrected chi connectivity index (χ4v) is 13.1. The fourth-order valence-electron chi connectivity index (χ4n) is 11.9. The first-order valence-corrected chi connectivity index (χ1v) is 30.0. The van der Waals surface area contributed by atoms with Crippen molar-refractivity contribution in [3.05, 3.63) is 355 Å². The number of halogens is 3. The standard InChI is InChI=1S/C29H21BrO.C29H19Br.C19H15BrO2/c30-26-18-17-21-19-23(16-15-22(21)20-26)27-13-7-8-14-28(27)29(31,24-9-3-1-4-10-24)25-11-5-2-6-12-25;30-24-16-15-20-18-26-25-13-7-8-14-27(25)29(22-9-3-1-4-10-22,23-11-5-2-6-12-23)28(26)19-21(20)17-24;1-2-22-19(21)18-6-4-3-5-17(18)15-8-7-14-12-16(20)10-9-13(14)11-15/h1-20,31H;1-19H;3-12H,2H2,1H3. The van der Waals surface area contributed by atoms with Gasteiger partial charge in [0, 0.05) is 19.0 Å². The van der Waals surface area contributed by atoms with Crippen molar-refractivity contribution in [1.82, 2.24) is 0 Å². The van der Waals surface area contributed by atoms with Crippen LogP contribution in [0.2, 0.25) is 0 Å². The van der Waals surface area contributed by atoms with Crippen LogP contribution in [0.4, 0.5) is 0 Å². The average molecular weight is 1270 g/mol. The van der Waals surface area contributed by atoms with Gasteiger partial charge in [0.1, 0.15) is 5.60 Å². The van der Waals surface area contributed by atoms with E-state index in [-0.39, 0.29) is 11.4 Å². The molecular formula is C77H55Br3O3. The number of carbonyl (C=O) groups is 1. The molecule has 0 fully saturated rings. The maximum absolute atomic E-state index is 12.3. The highest BCUT2D eigenvalue weighted by Crippen LogP contribution is 2.57. The SMILES string of the molecule is Brc1ccc2cc3c(cc2c1)C(c1ccccc1)(c1ccccc1)c1ccccc1-3.CCOC(=O)c1ccccc1-c1ccc2cc(Br)ccc2c1.OC(c1ccccc1)(c1ccccc1)c1ccccc1-c1ccc2cc(Br)ccc2c1. The number of rotatable bonds is 9. The Bertz CT molecular complexity index is 4390. The zero-order valence-electron chi connectivity index (χ0n) is 45.4. The van der Waals surface area contributed by atoms with Gasteiger partial charge in [0.15, 0.2) is 0 Å². The van der Waals surface area contributed by atoms with Gasteiger partial charge in [0.25, 0.3) is 0 Å². The summed E-state index contributed by atoms with van der Waals surface area (Å²) in [4.78, 5) is 12.1. The third kappa shape index (κ3) is 10.8. The van der Waals surface area contributed by atoms with Crippen molar-refractivity contribution in [2.45, 2.75) is 17.9 Å². The Kier molecular flexibility index (Phi) is 16.0. The molecule has 0 spiro atoms. The van der Waals surface area contributed by atoms with E-state index in [9.17, 15) is 9.90 Å². The highest BCUT2D eigenvalue weighted by Gasteiger charge is 2.46. The van der Waals surface area contributed by atoms with E-state index in [1.807, 2.05) is 116 Å². The lowest BCUT2D eigenvalue weighted by Crippen LogP contribution is -2.29. The fraction of sp³-hybridized carbons (Fsp3) is 0.0519. The summed E-state index contributed by atoms with van der Waals surface area (Å²) in [6, 6.07) is 103. The minimum atomic E-state index is -1.27. The van der Waals surface area contributed by atoms with Gasteiger partial charge in [-0.2, -0.15) is 0 Å². The molecule has 13 aromatic rings. The number of esters is 1. The van der Waals surface area contributed by atoms with Gasteiger partial charge in [-0.05, 0) is 173 Å². The van der Waals surface area contributed by atoms with Gasteiger partial charge < -0.3 is 9.84 Å². The van der Waals surface area contributed by atoms with E-state index in [2.05, 4.69) is 230 Å². The highest BCUT2D eigenvalue weighted by molar-refractivity contribution is 9.11. The summed E-state index contributed by atoms with van der Waals surface area (Å²) in [5, 5.41) is 19.5. The van der Waals surface area contributed by atoms with E-state index in [0.717, 1.165) is 63.1 Å². The third-order valence-corrected chi connectivity index (χ3v) is 17.2. The van der Waals surface area contributed by atoms with E-state index in [0.29, 0.717) is 12.2 Å². The monoisotopic (exact) mass is 1260 g/mol. The Morgan fingerprint density at radius 1 is 0.386 bits per heavy atom. The van der Waals surface area contributed by atoms with E-state index in [1.54, 1.807) is 6.07 Å². The predicted molar refractivity (Wildman–Crippen MR) is 354 cm³/mol.